The number of hydrogen-bond acceptors (Lipinski definition) is 3. The highest BCUT2D eigenvalue weighted by Crippen LogP contribution is 2.14. The maximum Gasteiger partial charge on any atom is 0.194 e. The molecule has 0 aliphatic carbocycles. The monoisotopic (exact) mass is 476 g/mol. The molecule has 0 spiro atoms. The number of nitrogens with zero attached hydrogens (tertiary/aromatic N) is 3. The van der Waals surface area contributed by atoms with Crippen LogP contribution in [0.15, 0.2) is 17.3 Å². The summed E-state index contributed by atoms with van der Waals surface area (Å²) < 4.78 is 25.0. The SMILES string of the molecule is CCNC(=NCCS(=O)(=O)CC)N(C)Cc1cc(Cl)cn1C.I. The molecule has 1 rings (SSSR count). The van der Waals surface area contributed by atoms with Crippen LogP contribution >= 0.6 is 35.6 Å². The highest BCUT2D eigenvalue weighted by Gasteiger charge is 2.11. The van der Waals surface area contributed by atoms with Crippen molar-refractivity contribution in [3.63, 3.8) is 0 Å². The molecule has 1 aromatic heterocycles. The van der Waals surface area contributed by atoms with Gasteiger partial charge >= 0.3 is 0 Å². The van der Waals surface area contributed by atoms with Crippen LogP contribution in [0.1, 0.15) is 19.5 Å². The second-order valence-electron chi connectivity index (χ2n) is 5.09. The molecule has 0 unspecified atom stereocenters. The third-order valence-corrected chi connectivity index (χ3v) is 5.16. The number of halogens is 2. The van der Waals surface area contributed by atoms with E-state index in [2.05, 4.69) is 10.3 Å². The van der Waals surface area contributed by atoms with E-state index in [4.69, 9.17) is 11.6 Å². The molecule has 0 aromatic carbocycles. The number of aromatic nitrogens is 1. The molecule has 0 atom stereocenters. The fraction of sp³-hybridized carbons (Fsp3) is 0.643. The first-order valence-corrected chi connectivity index (χ1v) is 9.49. The molecule has 0 saturated heterocycles. The second kappa shape index (κ2) is 10.4. The first-order valence-electron chi connectivity index (χ1n) is 7.29. The number of guanidine groups is 1. The Labute approximate surface area is 161 Å². The summed E-state index contributed by atoms with van der Waals surface area (Å²) in [6.45, 7) is 5.24. The number of aryl methyl sites for hydroxylation is 1. The normalized spacial score (nSPS) is 12.0. The number of aliphatic imine (C=N–C) groups is 1. The van der Waals surface area contributed by atoms with E-state index in [9.17, 15) is 8.42 Å². The van der Waals surface area contributed by atoms with E-state index in [1.54, 1.807) is 6.92 Å². The molecule has 0 radical (unpaired) electrons. The number of rotatable bonds is 7. The van der Waals surface area contributed by atoms with E-state index < -0.39 is 9.84 Å². The van der Waals surface area contributed by atoms with Gasteiger partial charge in [0.25, 0.3) is 0 Å². The Morgan fingerprint density at radius 3 is 2.57 bits per heavy atom. The van der Waals surface area contributed by atoms with Crippen molar-refractivity contribution in [3.05, 3.63) is 23.0 Å². The minimum Gasteiger partial charge on any atom is -0.357 e. The first-order chi connectivity index (χ1) is 10.3. The van der Waals surface area contributed by atoms with Gasteiger partial charge in [-0.1, -0.05) is 18.5 Å². The summed E-state index contributed by atoms with van der Waals surface area (Å²) in [5, 5.41) is 3.87. The number of hydrogen-bond donors (Lipinski definition) is 1. The molecule has 134 valence electrons. The van der Waals surface area contributed by atoms with Crippen LogP contribution in [0.2, 0.25) is 5.02 Å². The molecule has 0 saturated carbocycles. The zero-order valence-corrected chi connectivity index (χ0v) is 17.9. The third kappa shape index (κ3) is 7.75. The number of sulfone groups is 1. The molecule has 0 amide bonds. The van der Waals surface area contributed by atoms with Gasteiger partial charge in [-0.05, 0) is 13.0 Å². The van der Waals surface area contributed by atoms with Gasteiger partial charge in [-0.25, -0.2) is 8.42 Å². The van der Waals surface area contributed by atoms with Crippen molar-refractivity contribution in [3.8, 4) is 0 Å². The van der Waals surface area contributed by atoms with Gasteiger partial charge in [0.05, 0.1) is 23.9 Å². The zero-order valence-electron chi connectivity index (χ0n) is 14.0. The van der Waals surface area contributed by atoms with E-state index >= 15 is 0 Å². The van der Waals surface area contributed by atoms with Gasteiger partial charge in [-0.3, -0.25) is 4.99 Å². The molecule has 0 aliphatic heterocycles. The maximum atomic E-state index is 11.5. The highest BCUT2D eigenvalue weighted by molar-refractivity contribution is 14.0. The van der Waals surface area contributed by atoms with Gasteiger partial charge in [-0.15, -0.1) is 24.0 Å². The summed E-state index contributed by atoms with van der Waals surface area (Å²) in [5.74, 6) is 0.907. The molecular weight excluding hydrogens is 451 g/mol. The Hall–Kier alpha value is -0.480. The summed E-state index contributed by atoms with van der Waals surface area (Å²) in [6.07, 6.45) is 1.85. The fourth-order valence-corrected chi connectivity index (χ4v) is 2.88. The minimum absolute atomic E-state index is 0. The van der Waals surface area contributed by atoms with Crippen LogP contribution in [0.3, 0.4) is 0 Å². The Kier molecular flexibility index (Phi) is 10.2. The molecule has 0 bridgehead atoms. The fourth-order valence-electron chi connectivity index (χ4n) is 1.95. The summed E-state index contributed by atoms with van der Waals surface area (Å²) in [6, 6.07) is 1.91. The quantitative estimate of drug-likeness (QED) is 0.372. The lowest BCUT2D eigenvalue weighted by atomic mass is 10.4. The third-order valence-electron chi connectivity index (χ3n) is 3.27. The predicted molar refractivity (Wildman–Crippen MR) is 108 cm³/mol. The standard InChI is InChI=1S/C14H25ClN4O2S.HI/c1-5-16-14(17-7-8-22(20,21)6-2)19(4)11-13-9-12(15)10-18(13)3;/h9-10H,5-8,11H2,1-4H3,(H,16,17);1H. The van der Waals surface area contributed by atoms with E-state index in [1.165, 1.54) is 0 Å². The zero-order chi connectivity index (χ0) is 16.8. The van der Waals surface area contributed by atoms with Gasteiger partial charge in [0.1, 0.15) is 0 Å². The highest BCUT2D eigenvalue weighted by atomic mass is 127. The predicted octanol–water partition coefficient (Wildman–Crippen LogP) is 2.13. The van der Waals surface area contributed by atoms with E-state index in [0.29, 0.717) is 17.5 Å². The van der Waals surface area contributed by atoms with Crippen LogP contribution in [-0.2, 0) is 23.4 Å². The first kappa shape index (κ1) is 22.5. The molecule has 6 nitrogen and oxygen atoms in total. The maximum absolute atomic E-state index is 11.5. The average molecular weight is 477 g/mol. The molecule has 0 aliphatic rings. The molecule has 1 heterocycles. The Morgan fingerprint density at radius 1 is 1.43 bits per heavy atom. The summed E-state index contributed by atoms with van der Waals surface area (Å²) in [5.41, 5.74) is 1.05. The van der Waals surface area contributed by atoms with Crippen LogP contribution in [-0.4, -0.2) is 55.5 Å². The molecular formula is C14H26ClIN4O2S. The number of nitrogens with one attached hydrogen (secondary N) is 1. The van der Waals surface area contributed by atoms with Crippen LogP contribution < -0.4 is 5.32 Å². The van der Waals surface area contributed by atoms with Gasteiger partial charge in [0.15, 0.2) is 15.8 Å². The van der Waals surface area contributed by atoms with Gasteiger partial charge in [-0.2, -0.15) is 0 Å². The largest absolute Gasteiger partial charge is 0.357 e. The van der Waals surface area contributed by atoms with Crippen molar-refractivity contribution in [1.82, 2.24) is 14.8 Å². The van der Waals surface area contributed by atoms with Crippen molar-refractivity contribution >= 4 is 51.4 Å². The average Bonchev–Trinajstić information content (AvgIpc) is 2.75. The Balaban J connectivity index is 0.00000484. The lowest BCUT2D eigenvalue weighted by molar-refractivity contribution is 0.462. The second-order valence-corrected chi connectivity index (χ2v) is 8.00. The summed E-state index contributed by atoms with van der Waals surface area (Å²) >= 11 is 5.99. The van der Waals surface area contributed by atoms with E-state index in [0.717, 1.165) is 12.2 Å². The molecule has 9 heteroatoms. The van der Waals surface area contributed by atoms with Gasteiger partial charge in [0, 0.05) is 38.3 Å². The van der Waals surface area contributed by atoms with Crippen LogP contribution in [0, 0.1) is 0 Å². The van der Waals surface area contributed by atoms with Crippen molar-refractivity contribution in [2.45, 2.75) is 20.4 Å². The smallest absolute Gasteiger partial charge is 0.194 e. The Morgan fingerprint density at radius 2 is 2.09 bits per heavy atom. The summed E-state index contributed by atoms with van der Waals surface area (Å²) in [4.78, 5) is 6.34. The lowest BCUT2D eigenvalue weighted by Gasteiger charge is -2.22. The van der Waals surface area contributed by atoms with Crippen molar-refractivity contribution in [2.24, 2.45) is 12.0 Å². The van der Waals surface area contributed by atoms with Crippen LogP contribution in [0.4, 0.5) is 0 Å². The van der Waals surface area contributed by atoms with E-state index in [-0.39, 0.29) is 42.0 Å². The van der Waals surface area contributed by atoms with Crippen molar-refractivity contribution in [1.29, 1.82) is 0 Å². The van der Waals surface area contributed by atoms with Gasteiger partial charge < -0.3 is 14.8 Å². The molecule has 0 fully saturated rings. The molecule has 1 N–H and O–H groups in total. The lowest BCUT2D eigenvalue weighted by Crippen LogP contribution is -2.39. The molecule has 23 heavy (non-hydrogen) atoms. The van der Waals surface area contributed by atoms with Crippen molar-refractivity contribution in [2.75, 3.05) is 31.6 Å². The van der Waals surface area contributed by atoms with Crippen LogP contribution in [0.5, 0.6) is 0 Å². The van der Waals surface area contributed by atoms with E-state index in [1.807, 2.05) is 42.7 Å². The van der Waals surface area contributed by atoms with Gasteiger partial charge in [0.2, 0.25) is 0 Å². The minimum atomic E-state index is -2.99. The summed E-state index contributed by atoms with van der Waals surface area (Å²) in [7, 11) is 0.858. The molecule has 1 aromatic rings. The topological polar surface area (TPSA) is 66.7 Å². The Bertz CT molecular complexity index is 616. The van der Waals surface area contributed by atoms with Crippen molar-refractivity contribution < 1.29 is 8.42 Å². The van der Waals surface area contributed by atoms with Crippen LogP contribution in [0.25, 0.3) is 0 Å².